The zero-order valence-electron chi connectivity index (χ0n) is 20.1. The molecule has 35 heavy (non-hydrogen) atoms. The van der Waals surface area contributed by atoms with Crippen LogP contribution < -0.4 is 15.6 Å². The van der Waals surface area contributed by atoms with Gasteiger partial charge in [-0.2, -0.15) is 5.10 Å². The van der Waals surface area contributed by atoms with Gasteiger partial charge in [0.05, 0.1) is 19.3 Å². The highest BCUT2D eigenvalue weighted by Gasteiger charge is 2.12. The van der Waals surface area contributed by atoms with Gasteiger partial charge in [-0.3, -0.25) is 25.1 Å². The van der Waals surface area contributed by atoms with Gasteiger partial charge in [0.25, 0.3) is 11.8 Å². The number of ether oxygens (including phenoxy) is 2. The van der Waals surface area contributed by atoms with E-state index in [0.717, 1.165) is 22.5 Å². The third-order valence-electron chi connectivity index (χ3n) is 5.29. The number of carbonyl (C=O) groups is 3. The van der Waals surface area contributed by atoms with Gasteiger partial charge in [-0.05, 0) is 56.7 Å². The van der Waals surface area contributed by atoms with E-state index in [-0.39, 0.29) is 0 Å². The van der Waals surface area contributed by atoms with Crippen molar-refractivity contribution >= 4 is 23.9 Å². The third-order valence-corrected chi connectivity index (χ3v) is 5.29. The van der Waals surface area contributed by atoms with Crippen LogP contribution in [0.25, 0.3) is 6.08 Å². The van der Waals surface area contributed by atoms with Gasteiger partial charge in [-0.15, -0.1) is 0 Å². The number of aryl methyl sites for hydroxylation is 2. The van der Waals surface area contributed by atoms with Crippen LogP contribution in [0.4, 0.5) is 0 Å². The first-order chi connectivity index (χ1) is 16.8. The van der Waals surface area contributed by atoms with Gasteiger partial charge in [0.15, 0.2) is 6.61 Å². The minimum absolute atomic E-state index is 0.333. The van der Waals surface area contributed by atoms with Gasteiger partial charge in [0.2, 0.25) is 0 Å². The van der Waals surface area contributed by atoms with Gasteiger partial charge in [-0.1, -0.05) is 29.8 Å². The first-order valence-corrected chi connectivity index (χ1v) is 10.9. The lowest BCUT2D eigenvalue weighted by Crippen LogP contribution is -2.43. The van der Waals surface area contributed by atoms with E-state index in [1.54, 1.807) is 30.3 Å². The van der Waals surface area contributed by atoms with Crippen molar-refractivity contribution in [1.29, 1.82) is 0 Å². The van der Waals surface area contributed by atoms with Crippen LogP contribution in [0, 0.1) is 20.8 Å². The van der Waals surface area contributed by atoms with E-state index in [4.69, 9.17) is 9.47 Å². The summed E-state index contributed by atoms with van der Waals surface area (Å²) in [7, 11) is 1.52. The zero-order valence-corrected chi connectivity index (χ0v) is 20.1. The summed E-state index contributed by atoms with van der Waals surface area (Å²) in [6.45, 7) is 5.91. The van der Waals surface area contributed by atoms with Crippen LogP contribution in [-0.2, 0) is 20.9 Å². The van der Waals surface area contributed by atoms with E-state index >= 15 is 0 Å². The number of hydrogen-bond acceptors (Lipinski definition) is 6. The van der Waals surface area contributed by atoms with E-state index in [1.807, 2.05) is 25.5 Å². The lowest BCUT2D eigenvalue weighted by atomic mass is 10.1. The number of benzene rings is 2. The molecule has 0 aliphatic rings. The molecule has 0 saturated carbocycles. The maximum Gasteiger partial charge on any atom is 0.331 e. The van der Waals surface area contributed by atoms with Gasteiger partial charge in [-0.25, -0.2) is 4.79 Å². The van der Waals surface area contributed by atoms with Crippen LogP contribution in [0.15, 0.2) is 54.6 Å². The Morgan fingerprint density at radius 1 is 0.971 bits per heavy atom. The first-order valence-electron chi connectivity index (χ1n) is 10.9. The number of amides is 2. The highest BCUT2D eigenvalue weighted by molar-refractivity contribution is 5.96. The molecular formula is C26H28N4O5. The summed E-state index contributed by atoms with van der Waals surface area (Å²) >= 11 is 0. The van der Waals surface area contributed by atoms with E-state index in [9.17, 15) is 14.4 Å². The standard InChI is InChI=1S/C26H28N4O5/c1-17-5-7-20(8-6-17)15-30-19(3)23(18(2)29-30)13-14-25(32)35-16-24(31)27-28-26(33)21-9-11-22(34-4)12-10-21/h5-14H,15-16H2,1-4H3,(H,27,31)(H,28,33)/b14-13+. The summed E-state index contributed by atoms with van der Waals surface area (Å²) in [5.41, 5.74) is 9.61. The van der Waals surface area contributed by atoms with Crippen molar-refractivity contribution in [2.45, 2.75) is 27.3 Å². The quantitative estimate of drug-likeness (QED) is 0.294. The van der Waals surface area contributed by atoms with E-state index in [2.05, 4.69) is 40.2 Å². The summed E-state index contributed by atoms with van der Waals surface area (Å²) in [6, 6.07) is 14.6. The second-order valence-electron chi connectivity index (χ2n) is 7.90. The predicted octanol–water partition coefficient (Wildman–Crippen LogP) is 2.88. The molecule has 0 bridgehead atoms. The van der Waals surface area contributed by atoms with Gasteiger partial charge >= 0.3 is 5.97 Å². The average molecular weight is 477 g/mol. The predicted molar refractivity (Wildman–Crippen MR) is 131 cm³/mol. The minimum Gasteiger partial charge on any atom is -0.497 e. The number of nitrogens with one attached hydrogen (secondary N) is 2. The molecule has 2 amide bonds. The molecule has 1 aromatic heterocycles. The molecule has 0 fully saturated rings. The van der Waals surface area contributed by atoms with Crippen molar-refractivity contribution in [2.75, 3.05) is 13.7 Å². The number of hydrogen-bond donors (Lipinski definition) is 2. The Bertz CT molecular complexity index is 1230. The van der Waals surface area contributed by atoms with Gasteiger partial charge in [0, 0.05) is 22.9 Å². The maximum atomic E-state index is 12.1. The molecule has 0 spiro atoms. The van der Waals surface area contributed by atoms with Crippen LogP contribution in [-0.4, -0.2) is 41.3 Å². The first kappa shape index (κ1) is 25.2. The molecule has 0 aliphatic heterocycles. The normalized spacial score (nSPS) is 10.7. The van der Waals surface area contributed by atoms with Crippen LogP contribution in [0.3, 0.4) is 0 Å². The Morgan fingerprint density at radius 3 is 2.31 bits per heavy atom. The lowest BCUT2D eigenvalue weighted by molar-refractivity contribution is -0.144. The molecule has 2 aromatic carbocycles. The second kappa shape index (κ2) is 11.6. The zero-order chi connectivity index (χ0) is 25.4. The molecule has 3 rings (SSSR count). The molecule has 9 nitrogen and oxygen atoms in total. The summed E-state index contributed by atoms with van der Waals surface area (Å²) < 4.78 is 11.9. The highest BCUT2D eigenvalue weighted by atomic mass is 16.5. The highest BCUT2D eigenvalue weighted by Crippen LogP contribution is 2.17. The number of hydrazine groups is 1. The van der Waals surface area contributed by atoms with E-state index < -0.39 is 24.4 Å². The molecule has 9 heteroatoms. The molecule has 2 N–H and O–H groups in total. The van der Waals surface area contributed by atoms with Gasteiger partial charge in [0.1, 0.15) is 5.75 Å². The molecular weight excluding hydrogens is 448 g/mol. The van der Waals surface area contributed by atoms with Crippen LogP contribution in [0.1, 0.15) is 38.4 Å². The van der Waals surface area contributed by atoms with Crippen molar-refractivity contribution < 1.29 is 23.9 Å². The monoisotopic (exact) mass is 476 g/mol. The molecule has 0 radical (unpaired) electrons. The molecule has 0 unspecified atom stereocenters. The van der Waals surface area contributed by atoms with Crippen LogP contribution in [0.5, 0.6) is 5.75 Å². The largest absolute Gasteiger partial charge is 0.497 e. The summed E-state index contributed by atoms with van der Waals surface area (Å²) in [6.07, 6.45) is 2.87. The van der Waals surface area contributed by atoms with Gasteiger partial charge < -0.3 is 9.47 Å². The van der Waals surface area contributed by atoms with E-state index in [0.29, 0.717) is 17.9 Å². The molecule has 1 heterocycles. The summed E-state index contributed by atoms with van der Waals surface area (Å²) in [4.78, 5) is 36.0. The van der Waals surface area contributed by atoms with Crippen molar-refractivity contribution in [1.82, 2.24) is 20.6 Å². The van der Waals surface area contributed by atoms with Crippen molar-refractivity contribution in [2.24, 2.45) is 0 Å². The molecule has 0 atom stereocenters. The Morgan fingerprint density at radius 2 is 1.66 bits per heavy atom. The Balaban J connectivity index is 1.48. The Kier molecular flexibility index (Phi) is 8.39. The van der Waals surface area contributed by atoms with Crippen molar-refractivity contribution in [3.63, 3.8) is 0 Å². The van der Waals surface area contributed by atoms with Crippen molar-refractivity contribution in [3.8, 4) is 5.75 Å². The molecule has 182 valence electrons. The molecule has 3 aromatic rings. The number of rotatable bonds is 8. The fraction of sp³-hybridized carbons (Fsp3) is 0.231. The van der Waals surface area contributed by atoms with E-state index in [1.165, 1.54) is 18.7 Å². The Hall–Kier alpha value is -4.40. The molecule has 0 saturated heterocycles. The number of aromatic nitrogens is 2. The Labute approximate surface area is 203 Å². The lowest BCUT2D eigenvalue weighted by Gasteiger charge is -2.08. The van der Waals surface area contributed by atoms with Crippen molar-refractivity contribution in [3.05, 3.63) is 88.2 Å². The average Bonchev–Trinajstić information content (AvgIpc) is 3.13. The van der Waals surface area contributed by atoms with Crippen LogP contribution in [0.2, 0.25) is 0 Å². The summed E-state index contributed by atoms with van der Waals surface area (Å²) in [5, 5.41) is 4.56. The number of nitrogens with zero attached hydrogens (tertiary/aromatic N) is 2. The summed E-state index contributed by atoms with van der Waals surface area (Å²) in [5.74, 6) is -1.27. The maximum absolute atomic E-state index is 12.1. The topological polar surface area (TPSA) is 112 Å². The van der Waals surface area contributed by atoms with Crippen LogP contribution >= 0.6 is 0 Å². The second-order valence-corrected chi connectivity index (χ2v) is 7.90. The minimum atomic E-state index is -0.688. The third kappa shape index (κ3) is 7.04. The number of esters is 1. The smallest absolute Gasteiger partial charge is 0.331 e. The number of methoxy groups -OCH3 is 1. The fourth-order valence-electron chi connectivity index (χ4n) is 3.29. The fourth-order valence-corrected chi connectivity index (χ4v) is 3.29. The molecule has 0 aliphatic carbocycles. The SMILES string of the molecule is COc1ccc(C(=O)NNC(=O)COC(=O)/C=C/c2c(C)nn(Cc3ccc(C)cc3)c2C)cc1. The number of carbonyl (C=O) groups excluding carboxylic acids is 3.